The zero-order valence-electron chi connectivity index (χ0n) is 48.5. The van der Waals surface area contributed by atoms with Gasteiger partial charge in [-0.05, 0) is 122 Å². The highest BCUT2D eigenvalue weighted by Crippen LogP contribution is 2.26. The molecule has 79 heavy (non-hydrogen) atoms. The van der Waals surface area contributed by atoms with Crippen LogP contribution in [0.25, 0.3) is 0 Å². The van der Waals surface area contributed by atoms with E-state index >= 15 is 0 Å². The number of hydrogen-bond donors (Lipinski definition) is 3. The van der Waals surface area contributed by atoms with E-state index in [-0.39, 0.29) is 25.9 Å². The molecule has 0 bridgehead atoms. The van der Waals surface area contributed by atoms with Crippen LogP contribution in [0.3, 0.4) is 0 Å². The Hall–Kier alpha value is -5.40. The van der Waals surface area contributed by atoms with Crippen LogP contribution in [0.2, 0.25) is 0 Å². The van der Waals surface area contributed by atoms with E-state index in [1.807, 2.05) is 24.3 Å². The molecule has 1 saturated heterocycles. The minimum absolute atomic E-state index is 0.0793. The topological polar surface area (TPSA) is 175 Å². The fourth-order valence-corrected chi connectivity index (χ4v) is 7.89. The molecular formula is C67H102O12. The van der Waals surface area contributed by atoms with Crippen molar-refractivity contribution in [2.45, 2.75) is 237 Å². The number of carboxylic acids is 1. The summed E-state index contributed by atoms with van der Waals surface area (Å²) < 4.78 is 28.3. The second-order valence-electron chi connectivity index (χ2n) is 19.5. The molecule has 0 aromatic heterocycles. The number of carboxylic acid groups (broad SMARTS) is 1. The first-order valence-electron chi connectivity index (χ1n) is 29.8. The molecule has 1 aliphatic heterocycles. The molecule has 1 heterocycles. The summed E-state index contributed by atoms with van der Waals surface area (Å²) in [5, 5.41) is 31.5. The van der Waals surface area contributed by atoms with Crippen LogP contribution in [0.4, 0.5) is 0 Å². The molecule has 1 aliphatic rings. The zero-order valence-corrected chi connectivity index (χ0v) is 48.5. The first kappa shape index (κ1) is 71.6. The molecule has 0 spiro atoms. The lowest BCUT2D eigenvalue weighted by atomic mass is 9.98. The summed E-state index contributed by atoms with van der Waals surface area (Å²) in [7, 11) is 0. The standard InChI is InChI=1S/C67H102O12/c1-4-7-10-13-16-19-22-25-27-29-30-32-34-37-40-43-46-49-52-55-61(70)78-65-63(72)62(71)64(66(73)74)79-67(65)76-57-58(77-60(69)54-51-48-45-42-39-35-24-21-18-15-12-9-6-3)56-75-59(68)53-50-47-44-41-38-36-33-31-28-26-23-20-17-14-11-8-5-2/h7-8,10-11,16-17,19-21,24-28,30,32-33,36-37,40-41,44,46,49,58,62-65,67,71-72H,4-6,9,12-15,18,22-23,29,31,34-35,38-39,42-43,45,47-48,50-57H2,1-3H3,(H,73,74)/b10-7-,11-8-,19-16-,20-17-,24-21-,27-25-,28-26-,32-30-,36-33-,40-37-,44-41-,49-46-. The molecule has 12 heteroatoms. The maximum absolute atomic E-state index is 13.1. The number of allylic oxidation sites excluding steroid dienone is 24. The van der Waals surface area contributed by atoms with Crippen molar-refractivity contribution in [3.8, 4) is 0 Å². The van der Waals surface area contributed by atoms with Gasteiger partial charge in [-0.2, -0.15) is 0 Å². The summed E-state index contributed by atoms with van der Waals surface area (Å²) in [6.45, 7) is 5.64. The first-order chi connectivity index (χ1) is 38.6. The van der Waals surface area contributed by atoms with E-state index in [1.54, 1.807) is 0 Å². The van der Waals surface area contributed by atoms with Gasteiger partial charge in [0, 0.05) is 19.3 Å². The Labute approximate surface area is 476 Å². The van der Waals surface area contributed by atoms with Crippen LogP contribution >= 0.6 is 0 Å². The van der Waals surface area contributed by atoms with Gasteiger partial charge in [0.05, 0.1) is 6.61 Å². The third-order valence-electron chi connectivity index (χ3n) is 12.4. The number of aliphatic carboxylic acids is 1. The summed E-state index contributed by atoms with van der Waals surface area (Å²) in [5.41, 5.74) is 0. The molecule has 0 amide bonds. The molecular weight excluding hydrogens is 997 g/mol. The van der Waals surface area contributed by atoms with Crippen molar-refractivity contribution in [1.82, 2.24) is 0 Å². The minimum atomic E-state index is -1.94. The lowest BCUT2D eigenvalue weighted by molar-refractivity contribution is -0.301. The molecule has 1 fully saturated rings. The van der Waals surface area contributed by atoms with Crippen molar-refractivity contribution in [2.75, 3.05) is 13.2 Å². The Morgan fingerprint density at radius 2 is 0.835 bits per heavy atom. The molecule has 0 aliphatic carbocycles. The van der Waals surface area contributed by atoms with Crippen molar-refractivity contribution in [3.05, 3.63) is 146 Å². The van der Waals surface area contributed by atoms with Crippen LogP contribution in [-0.2, 0) is 42.9 Å². The van der Waals surface area contributed by atoms with Gasteiger partial charge in [0.15, 0.2) is 24.6 Å². The highest BCUT2D eigenvalue weighted by atomic mass is 16.7. The van der Waals surface area contributed by atoms with E-state index in [1.165, 1.54) is 25.7 Å². The highest BCUT2D eigenvalue weighted by molar-refractivity contribution is 5.74. The second-order valence-corrected chi connectivity index (χ2v) is 19.5. The van der Waals surface area contributed by atoms with E-state index in [2.05, 4.69) is 142 Å². The van der Waals surface area contributed by atoms with Crippen molar-refractivity contribution in [2.24, 2.45) is 0 Å². The molecule has 12 nitrogen and oxygen atoms in total. The van der Waals surface area contributed by atoms with Gasteiger partial charge in [0.1, 0.15) is 18.8 Å². The number of aliphatic hydroxyl groups excluding tert-OH is 2. The molecule has 6 unspecified atom stereocenters. The van der Waals surface area contributed by atoms with Gasteiger partial charge in [-0.25, -0.2) is 4.79 Å². The molecule has 0 aromatic carbocycles. The van der Waals surface area contributed by atoms with Crippen LogP contribution in [0, 0.1) is 0 Å². The molecule has 1 rings (SSSR count). The lowest BCUT2D eigenvalue weighted by Crippen LogP contribution is -2.61. The van der Waals surface area contributed by atoms with E-state index in [0.717, 1.165) is 103 Å². The Kier molecular flexibility index (Phi) is 48.3. The second kappa shape index (κ2) is 53.3. The number of carbonyl (C=O) groups excluding carboxylic acids is 3. The van der Waals surface area contributed by atoms with Crippen molar-refractivity contribution in [1.29, 1.82) is 0 Å². The smallest absolute Gasteiger partial charge is 0.335 e. The van der Waals surface area contributed by atoms with Crippen molar-refractivity contribution < 1.29 is 58.2 Å². The molecule has 3 N–H and O–H groups in total. The normalized spacial score (nSPS) is 18.9. The van der Waals surface area contributed by atoms with Gasteiger partial charge >= 0.3 is 23.9 Å². The van der Waals surface area contributed by atoms with Gasteiger partial charge in [0.25, 0.3) is 0 Å². The Balaban J connectivity index is 2.78. The summed E-state index contributed by atoms with van der Waals surface area (Å²) in [6.07, 6.45) is 64.0. The van der Waals surface area contributed by atoms with Crippen LogP contribution in [0.15, 0.2) is 146 Å². The van der Waals surface area contributed by atoms with E-state index in [9.17, 15) is 34.5 Å². The Bertz CT molecular complexity index is 1930. The molecule has 0 aromatic rings. The summed E-state index contributed by atoms with van der Waals surface area (Å²) >= 11 is 0. The number of esters is 3. The number of carbonyl (C=O) groups is 4. The largest absolute Gasteiger partial charge is 0.479 e. The van der Waals surface area contributed by atoms with Gasteiger partial charge in [-0.3, -0.25) is 14.4 Å². The fourth-order valence-electron chi connectivity index (χ4n) is 7.89. The van der Waals surface area contributed by atoms with Crippen LogP contribution in [-0.4, -0.2) is 89.2 Å². The van der Waals surface area contributed by atoms with E-state index in [0.29, 0.717) is 32.1 Å². The number of aliphatic hydroxyl groups is 2. The monoisotopic (exact) mass is 1100 g/mol. The quantitative estimate of drug-likeness (QED) is 0.0228. The molecule has 442 valence electrons. The average Bonchev–Trinajstić information content (AvgIpc) is 3.46. The third kappa shape index (κ3) is 43.1. The van der Waals surface area contributed by atoms with E-state index < -0.39 is 67.3 Å². The zero-order chi connectivity index (χ0) is 57.5. The average molecular weight is 1100 g/mol. The van der Waals surface area contributed by atoms with E-state index in [4.69, 9.17) is 23.7 Å². The summed E-state index contributed by atoms with van der Waals surface area (Å²) in [6, 6.07) is 0. The number of ether oxygens (including phenoxy) is 5. The van der Waals surface area contributed by atoms with Gasteiger partial charge in [0.2, 0.25) is 0 Å². The third-order valence-corrected chi connectivity index (χ3v) is 12.4. The molecule has 6 atom stereocenters. The fraction of sp³-hybridized carbons (Fsp3) is 0.582. The van der Waals surface area contributed by atoms with Crippen LogP contribution in [0.5, 0.6) is 0 Å². The predicted octanol–water partition coefficient (Wildman–Crippen LogP) is 15.6. The van der Waals surface area contributed by atoms with Gasteiger partial charge < -0.3 is 39.0 Å². The minimum Gasteiger partial charge on any atom is -0.479 e. The van der Waals surface area contributed by atoms with Crippen molar-refractivity contribution >= 4 is 23.9 Å². The summed E-state index contributed by atoms with van der Waals surface area (Å²) in [5.74, 6) is -3.34. The highest BCUT2D eigenvalue weighted by Gasteiger charge is 2.50. The maximum atomic E-state index is 13.1. The SMILES string of the molecule is CC/C=C\C/C=C\C/C=C\C/C=C\C/C=C\C/C=C\CCC(=O)OC1C(OCC(COC(=O)CCC/C=C\C/C=C\C/C=C\C/C=C\C/C=C\CC)OC(=O)CCCCCCC/C=C\CCCCCC)OC(C(=O)O)C(O)C1O. The molecule has 0 radical (unpaired) electrons. The maximum Gasteiger partial charge on any atom is 0.335 e. The predicted molar refractivity (Wildman–Crippen MR) is 321 cm³/mol. The number of hydrogen-bond acceptors (Lipinski definition) is 11. The number of unbranched alkanes of at least 4 members (excludes halogenated alkanes) is 10. The van der Waals surface area contributed by atoms with Gasteiger partial charge in [-0.1, -0.05) is 205 Å². The Morgan fingerprint density at radius 1 is 0.430 bits per heavy atom. The molecule has 0 saturated carbocycles. The number of rotatable bonds is 48. The Morgan fingerprint density at radius 3 is 1.32 bits per heavy atom. The van der Waals surface area contributed by atoms with Crippen LogP contribution < -0.4 is 0 Å². The first-order valence-corrected chi connectivity index (χ1v) is 29.8. The van der Waals surface area contributed by atoms with Crippen LogP contribution in [0.1, 0.15) is 201 Å². The van der Waals surface area contributed by atoms with Crippen molar-refractivity contribution in [3.63, 3.8) is 0 Å². The summed E-state index contributed by atoms with van der Waals surface area (Å²) in [4.78, 5) is 51.1. The lowest BCUT2D eigenvalue weighted by Gasteiger charge is -2.40. The van der Waals surface area contributed by atoms with Gasteiger partial charge in [-0.15, -0.1) is 0 Å².